The van der Waals surface area contributed by atoms with Crippen LogP contribution in [0.3, 0.4) is 0 Å². The van der Waals surface area contributed by atoms with E-state index in [4.69, 9.17) is 10.5 Å². The minimum atomic E-state index is -0.526. The Kier molecular flexibility index (Phi) is 4.31. The molecule has 3 N–H and O–H groups in total. The Labute approximate surface area is 122 Å². The van der Waals surface area contributed by atoms with Gasteiger partial charge in [-0.15, -0.1) is 0 Å². The molecular formula is C16H18F2N2O. The maximum Gasteiger partial charge on any atom is 0.167 e. The average Bonchev–Trinajstić information content (AvgIpc) is 2.33. The van der Waals surface area contributed by atoms with Gasteiger partial charge in [-0.1, -0.05) is 0 Å². The van der Waals surface area contributed by atoms with Crippen LogP contribution in [-0.4, -0.2) is 6.10 Å². The first-order chi connectivity index (χ1) is 9.85. The molecule has 0 aliphatic carbocycles. The Balaban J connectivity index is 2.34. The van der Waals surface area contributed by atoms with E-state index in [2.05, 4.69) is 5.32 Å². The number of halogens is 2. The summed E-state index contributed by atoms with van der Waals surface area (Å²) in [5.41, 5.74) is 7.81. The van der Waals surface area contributed by atoms with Gasteiger partial charge in [0, 0.05) is 17.8 Å². The molecule has 0 saturated carbocycles. The van der Waals surface area contributed by atoms with E-state index in [9.17, 15) is 8.78 Å². The number of anilines is 3. The molecule has 0 aromatic heterocycles. The fourth-order valence-corrected chi connectivity index (χ4v) is 1.99. The summed E-state index contributed by atoms with van der Waals surface area (Å²) in [5, 5.41) is 2.98. The zero-order valence-corrected chi connectivity index (χ0v) is 12.2. The van der Waals surface area contributed by atoms with Crippen LogP contribution in [0.5, 0.6) is 5.75 Å². The van der Waals surface area contributed by atoms with E-state index in [-0.39, 0.29) is 23.4 Å². The SMILES string of the molecule is Cc1cc(F)cc(Nc2cc(OC(C)C)c(F)cc2N)c1. The van der Waals surface area contributed by atoms with E-state index in [0.29, 0.717) is 11.4 Å². The zero-order chi connectivity index (χ0) is 15.6. The van der Waals surface area contributed by atoms with Crippen LogP contribution in [0.2, 0.25) is 0 Å². The molecule has 21 heavy (non-hydrogen) atoms. The number of nitrogens with one attached hydrogen (secondary N) is 1. The Morgan fingerprint density at radius 3 is 2.43 bits per heavy atom. The van der Waals surface area contributed by atoms with E-state index in [1.54, 1.807) is 26.8 Å². The predicted molar refractivity (Wildman–Crippen MR) is 81.0 cm³/mol. The van der Waals surface area contributed by atoms with Gasteiger partial charge in [0.05, 0.1) is 17.5 Å². The van der Waals surface area contributed by atoms with Crippen molar-refractivity contribution in [2.45, 2.75) is 26.9 Å². The summed E-state index contributed by atoms with van der Waals surface area (Å²) in [4.78, 5) is 0. The molecule has 112 valence electrons. The van der Waals surface area contributed by atoms with Gasteiger partial charge in [0.2, 0.25) is 0 Å². The second kappa shape index (κ2) is 5.99. The summed E-state index contributed by atoms with van der Waals surface area (Å²) in [6.45, 7) is 5.40. The van der Waals surface area contributed by atoms with Gasteiger partial charge >= 0.3 is 0 Å². The fraction of sp³-hybridized carbons (Fsp3) is 0.250. The number of aryl methyl sites for hydroxylation is 1. The van der Waals surface area contributed by atoms with Crippen LogP contribution >= 0.6 is 0 Å². The van der Waals surface area contributed by atoms with Crippen molar-refractivity contribution in [2.24, 2.45) is 0 Å². The number of nitrogens with two attached hydrogens (primary N) is 1. The first kappa shape index (κ1) is 15.1. The number of ether oxygens (including phenoxy) is 1. The Morgan fingerprint density at radius 1 is 1.10 bits per heavy atom. The number of hydrogen-bond donors (Lipinski definition) is 2. The van der Waals surface area contributed by atoms with Crippen molar-refractivity contribution in [3.63, 3.8) is 0 Å². The maximum atomic E-state index is 13.8. The largest absolute Gasteiger partial charge is 0.488 e. The van der Waals surface area contributed by atoms with Crippen molar-refractivity contribution in [3.8, 4) is 5.75 Å². The molecule has 0 aliphatic heterocycles. The molecule has 2 aromatic carbocycles. The van der Waals surface area contributed by atoms with Gasteiger partial charge < -0.3 is 15.8 Å². The lowest BCUT2D eigenvalue weighted by Gasteiger charge is -2.15. The smallest absolute Gasteiger partial charge is 0.167 e. The first-order valence-corrected chi connectivity index (χ1v) is 6.65. The number of rotatable bonds is 4. The lowest BCUT2D eigenvalue weighted by atomic mass is 10.2. The number of benzene rings is 2. The molecule has 0 saturated heterocycles. The molecule has 0 fully saturated rings. The van der Waals surface area contributed by atoms with Gasteiger partial charge in [-0.25, -0.2) is 8.78 Å². The van der Waals surface area contributed by atoms with E-state index in [1.165, 1.54) is 24.3 Å². The van der Waals surface area contributed by atoms with Gasteiger partial charge in [-0.3, -0.25) is 0 Å². The molecule has 0 unspecified atom stereocenters. The van der Waals surface area contributed by atoms with Gasteiger partial charge in [0.1, 0.15) is 5.82 Å². The highest BCUT2D eigenvalue weighted by molar-refractivity contribution is 5.74. The van der Waals surface area contributed by atoms with E-state index < -0.39 is 5.82 Å². The molecule has 0 radical (unpaired) electrons. The van der Waals surface area contributed by atoms with Crippen LogP contribution in [0.25, 0.3) is 0 Å². The number of hydrogen-bond acceptors (Lipinski definition) is 3. The molecular weight excluding hydrogens is 274 g/mol. The molecule has 2 aromatic rings. The fourth-order valence-electron chi connectivity index (χ4n) is 1.99. The van der Waals surface area contributed by atoms with Crippen LogP contribution in [-0.2, 0) is 0 Å². The van der Waals surface area contributed by atoms with Crippen LogP contribution in [0.15, 0.2) is 30.3 Å². The summed E-state index contributed by atoms with van der Waals surface area (Å²) < 4.78 is 32.5. The van der Waals surface area contributed by atoms with Crippen molar-refractivity contribution in [2.75, 3.05) is 11.1 Å². The third kappa shape index (κ3) is 3.84. The average molecular weight is 292 g/mol. The van der Waals surface area contributed by atoms with Gasteiger partial charge in [0.15, 0.2) is 11.6 Å². The Hall–Kier alpha value is -2.30. The first-order valence-electron chi connectivity index (χ1n) is 6.65. The predicted octanol–water partition coefficient (Wildman–Crippen LogP) is 4.39. The quantitative estimate of drug-likeness (QED) is 0.822. The highest BCUT2D eigenvalue weighted by atomic mass is 19.1. The summed E-state index contributed by atoms with van der Waals surface area (Å²) in [7, 11) is 0. The van der Waals surface area contributed by atoms with Gasteiger partial charge in [-0.2, -0.15) is 0 Å². The van der Waals surface area contributed by atoms with E-state index >= 15 is 0 Å². The van der Waals surface area contributed by atoms with Crippen molar-refractivity contribution in [3.05, 3.63) is 47.5 Å². The second-order valence-electron chi connectivity index (χ2n) is 5.18. The molecule has 0 aliphatic rings. The van der Waals surface area contributed by atoms with Gasteiger partial charge in [0.25, 0.3) is 0 Å². The standard InChI is InChI=1S/C16H18F2N2O/c1-9(2)21-16-8-15(14(19)7-13(16)18)20-12-5-10(3)4-11(17)6-12/h4-9,20H,19H2,1-3H3. The highest BCUT2D eigenvalue weighted by Gasteiger charge is 2.11. The zero-order valence-electron chi connectivity index (χ0n) is 12.2. The summed E-state index contributed by atoms with van der Waals surface area (Å²) in [6.07, 6.45) is -0.160. The monoisotopic (exact) mass is 292 g/mol. The van der Waals surface area contributed by atoms with Crippen LogP contribution in [0.1, 0.15) is 19.4 Å². The topological polar surface area (TPSA) is 47.3 Å². The number of nitrogen functional groups attached to an aromatic ring is 1. The summed E-state index contributed by atoms with van der Waals surface area (Å²) in [6, 6.07) is 7.21. The van der Waals surface area contributed by atoms with Crippen molar-refractivity contribution in [1.82, 2.24) is 0 Å². The Bertz CT molecular complexity index is 637. The van der Waals surface area contributed by atoms with Gasteiger partial charge in [-0.05, 0) is 44.5 Å². The van der Waals surface area contributed by atoms with Crippen LogP contribution in [0.4, 0.5) is 25.8 Å². The second-order valence-corrected chi connectivity index (χ2v) is 5.18. The van der Waals surface area contributed by atoms with E-state index in [0.717, 1.165) is 5.56 Å². The Morgan fingerprint density at radius 2 is 1.81 bits per heavy atom. The lowest BCUT2D eigenvalue weighted by Crippen LogP contribution is -2.08. The highest BCUT2D eigenvalue weighted by Crippen LogP contribution is 2.31. The molecule has 3 nitrogen and oxygen atoms in total. The molecule has 0 amide bonds. The van der Waals surface area contributed by atoms with Crippen molar-refractivity contribution >= 4 is 17.1 Å². The van der Waals surface area contributed by atoms with E-state index in [1.807, 2.05) is 0 Å². The molecule has 5 heteroatoms. The van der Waals surface area contributed by atoms with Crippen LogP contribution in [0, 0.1) is 18.6 Å². The summed E-state index contributed by atoms with van der Waals surface area (Å²) >= 11 is 0. The van der Waals surface area contributed by atoms with Crippen molar-refractivity contribution < 1.29 is 13.5 Å². The third-order valence-corrected chi connectivity index (χ3v) is 2.79. The molecule has 0 spiro atoms. The lowest BCUT2D eigenvalue weighted by molar-refractivity contribution is 0.231. The summed E-state index contributed by atoms with van der Waals surface area (Å²) in [5.74, 6) is -0.770. The third-order valence-electron chi connectivity index (χ3n) is 2.79. The maximum absolute atomic E-state index is 13.8. The van der Waals surface area contributed by atoms with Crippen molar-refractivity contribution in [1.29, 1.82) is 0 Å². The van der Waals surface area contributed by atoms with Crippen LogP contribution < -0.4 is 15.8 Å². The molecule has 0 heterocycles. The minimum absolute atomic E-state index is 0.106. The molecule has 0 bridgehead atoms. The molecule has 2 rings (SSSR count). The molecule has 0 atom stereocenters. The normalized spacial score (nSPS) is 10.8. The minimum Gasteiger partial charge on any atom is -0.488 e.